The Balaban J connectivity index is 1.93. The van der Waals surface area contributed by atoms with E-state index >= 15 is 0 Å². The second-order valence-electron chi connectivity index (χ2n) is 1.33. The monoisotopic (exact) mass is 242 g/mol. The van der Waals surface area contributed by atoms with Crippen LogP contribution in [0, 0.1) is 0 Å². The molecule has 0 unspecified atom stereocenters. The third-order valence-electron chi connectivity index (χ3n) is 0.787. The van der Waals surface area contributed by atoms with Crippen LogP contribution in [0.4, 0.5) is 0 Å². The Hall–Kier alpha value is 1.48. The maximum atomic E-state index is 4.90. The van der Waals surface area contributed by atoms with Crippen LogP contribution in [0.25, 0.3) is 0 Å². The van der Waals surface area contributed by atoms with Gasteiger partial charge in [0.25, 0.3) is 0 Å². The van der Waals surface area contributed by atoms with Gasteiger partial charge in [-0.05, 0) is 0 Å². The van der Waals surface area contributed by atoms with Gasteiger partial charge in [-0.15, -0.1) is 0 Å². The van der Waals surface area contributed by atoms with E-state index in [1.165, 1.54) is 34.9 Å². The molecule has 1 aliphatic heterocycles. The SMILES string of the molecule is [Sb][O]SC1CSC1. The van der Waals surface area contributed by atoms with Gasteiger partial charge >= 0.3 is 66.5 Å². The van der Waals surface area contributed by atoms with E-state index in [1.54, 1.807) is 12.0 Å². The Kier molecular flexibility index (Phi) is 3.29. The van der Waals surface area contributed by atoms with Crippen molar-refractivity contribution in [2.24, 2.45) is 0 Å². The van der Waals surface area contributed by atoms with Crippen molar-refractivity contribution in [1.82, 2.24) is 0 Å². The zero-order valence-electron chi connectivity index (χ0n) is 3.66. The van der Waals surface area contributed by atoms with Gasteiger partial charge in [0, 0.05) is 0 Å². The van der Waals surface area contributed by atoms with Crippen molar-refractivity contribution in [3.63, 3.8) is 0 Å². The summed E-state index contributed by atoms with van der Waals surface area (Å²) >= 11 is 5.03. The molecule has 0 spiro atoms. The summed E-state index contributed by atoms with van der Waals surface area (Å²) in [5.74, 6) is 2.57. The molecule has 40 valence electrons. The molecule has 0 atom stereocenters. The van der Waals surface area contributed by atoms with Crippen LogP contribution in [0.1, 0.15) is 0 Å². The molecule has 1 heterocycles. The van der Waals surface area contributed by atoms with Crippen LogP contribution in [0.5, 0.6) is 0 Å². The number of thioether (sulfide) groups is 1. The van der Waals surface area contributed by atoms with Crippen LogP contribution in [-0.2, 0) is 2.46 Å². The summed E-state index contributed by atoms with van der Waals surface area (Å²) in [6, 6.07) is 0. The van der Waals surface area contributed by atoms with Gasteiger partial charge in [-0.2, -0.15) is 0 Å². The Morgan fingerprint density at radius 2 is 2.43 bits per heavy atom. The van der Waals surface area contributed by atoms with Crippen molar-refractivity contribution in [3.05, 3.63) is 0 Å². The van der Waals surface area contributed by atoms with Crippen molar-refractivity contribution in [2.45, 2.75) is 5.25 Å². The zero-order valence-corrected chi connectivity index (χ0v) is 7.85. The molecule has 1 fully saturated rings. The van der Waals surface area contributed by atoms with E-state index in [1.807, 2.05) is 11.8 Å². The molecule has 0 aliphatic carbocycles. The van der Waals surface area contributed by atoms with E-state index in [2.05, 4.69) is 0 Å². The average molecular weight is 243 g/mol. The van der Waals surface area contributed by atoms with E-state index in [0.717, 1.165) is 5.25 Å². The number of hydrogen-bond acceptors (Lipinski definition) is 3. The van der Waals surface area contributed by atoms with E-state index in [0.29, 0.717) is 0 Å². The van der Waals surface area contributed by atoms with Crippen molar-refractivity contribution in [1.29, 1.82) is 0 Å². The van der Waals surface area contributed by atoms with Crippen LogP contribution >= 0.6 is 23.8 Å². The summed E-state index contributed by atoms with van der Waals surface area (Å²) in [6.07, 6.45) is 0. The average Bonchev–Trinajstić information content (AvgIpc) is 1.55. The first-order valence-corrected chi connectivity index (χ1v) is 4.98. The summed E-state index contributed by atoms with van der Waals surface area (Å²) in [4.78, 5) is 0. The first-order valence-electron chi connectivity index (χ1n) is 1.98. The summed E-state index contributed by atoms with van der Waals surface area (Å²) < 4.78 is 4.90. The molecule has 4 heteroatoms. The minimum absolute atomic E-state index is 0.800. The molecular weight excluding hydrogens is 238 g/mol. The zero-order chi connectivity index (χ0) is 5.11. The molecule has 0 aromatic rings. The standard InChI is InChI=1S/C3H6OS2.Sb/c4-6-3-1-5-2-3;/h3-4H,1-2H2;/q;+1/p-1. The van der Waals surface area contributed by atoms with E-state index in [9.17, 15) is 0 Å². The summed E-state index contributed by atoms with van der Waals surface area (Å²) in [5.41, 5.74) is 0. The Morgan fingerprint density at radius 3 is 2.57 bits per heavy atom. The van der Waals surface area contributed by atoms with Crippen LogP contribution in [0.3, 0.4) is 0 Å². The maximum absolute atomic E-state index is 4.90. The van der Waals surface area contributed by atoms with E-state index in [4.69, 9.17) is 2.46 Å². The molecule has 1 aliphatic rings. The van der Waals surface area contributed by atoms with E-state index < -0.39 is 0 Å². The van der Waals surface area contributed by atoms with Crippen molar-refractivity contribution >= 4 is 47.2 Å². The van der Waals surface area contributed by atoms with Crippen LogP contribution in [0.2, 0.25) is 0 Å². The molecule has 1 nitrogen and oxygen atoms in total. The quantitative estimate of drug-likeness (QED) is 0.525. The van der Waals surface area contributed by atoms with Crippen molar-refractivity contribution in [3.8, 4) is 0 Å². The summed E-state index contributed by atoms with van der Waals surface area (Å²) in [7, 11) is 0. The first kappa shape index (κ1) is 6.60. The number of rotatable bonds is 2. The van der Waals surface area contributed by atoms with Crippen LogP contribution in [-0.4, -0.2) is 40.2 Å². The molecule has 0 aromatic carbocycles. The van der Waals surface area contributed by atoms with Gasteiger partial charge in [-0.3, -0.25) is 0 Å². The van der Waals surface area contributed by atoms with Gasteiger partial charge in [-0.1, -0.05) is 0 Å². The molecule has 7 heavy (non-hydrogen) atoms. The predicted molar refractivity (Wildman–Crippen MR) is 35.5 cm³/mol. The molecule has 0 aromatic heterocycles. The number of hydrogen-bond donors (Lipinski definition) is 0. The van der Waals surface area contributed by atoms with Gasteiger partial charge < -0.3 is 0 Å². The van der Waals surface area contributed by atoms with Gasteiger partial charge in [0.1, 0.15) is 0 Å². The van der Waals surface area contributed by atoms with Crippen LogP contribution in [0.15, 0.2) is 0 Å². The molecule has 0 N–H and O–H groups in total. The molecule has 1 saturated heterocycles. The Bertz CT molecular complexity index is 56.9. The molecule has 0 bridgehead atoms. The van der Waals surface area contributed by atoms with Gasteiger partial charge in [0.2, 0.25) is 0 Å². The predicted octanol–water partition coefficient (Wildman–Crippen LogP) is 0.850. The fraction of sp³-hybridized carbons (Fsp3) is 1.00. The second-order valence-corrected chi connectivity index (χ2v) is 4.69. The molecule has 0 saturated carbocycles. The minimum atomic E-state index is 0.800. The van der Waals surface area contributed by atoms with Crippen LogP contribution < -0.4 is 0 Å². The topological polar surface area (TPSA) is 9.23 Å². The van der Waals surface area contributed by atoms with Gasteiger partial charge in [-0.25, -0.2) is 0 Å². The fourth-order valence-electron chi connectivity index (χ4n) is 0.330. The third kappa shape index (κ3) is 2.04. The van der Waals surface area contributed by atoms with E-state index in [-0.39, 0.29) is 0 Å². The van der Waals surface area contributed by atoms with Gasteiger partial charge in [0.05, 0.1) is 0 Å². The Morgan fingerprint density at radius 1 is 1.71 bits per heavy atom. The first-order chi connectivity index (χ1) is 3.43. The Labute approximate surface area is 66.2 Å². The molecule has 1 rings (SSSR count). The molecular formula is C3H5OS2Sb. The normalized spacial score (nSPS) is 21.9. The molecule has 0 amide bonds. The van der Waals surface area contributed by atoms with Crippen molar-refractivity contribution in [2.75, 3.05) is 11.5 Å². The summed E-state index contributed by atoms with van der Waals surface area (Å²) in [6.45, 7) is 0. The summed E-state index contributed by atoms with van der Waals surface area (Å²) in [5, 5.41) is 0.800. The van der Waals surface area contributed by atoms with Gasteiger partial charge in [0.15, 0.2) is 0 Å². The molecule has 2 radical (unpaired) electrons. The van der Waals surface area contributed by atoms with Crippen molar-refractivity contribution < 1.29 is 2.46 Å². The second kappa shape index (κ2) is 3.49. The third-order valence-corrected chi connectivity index (χ3v) is 3.91. The fourth-order valence-corrected chi connectivity index (χ4v) is 2.94.